The average Bonchev–Trinajstić information content (AvgIpc) is 2.49. The number of hydrogen-bond donors (Lipinski definition) is 1. The maximum Gasteiger partial charge on any atom is 0.335 e. The van der Waals surface area contributed by atoms with Crippen LogP contribution in [0, 0.1) is 11.6 Å². The number of hydrogen-bond acceptors (Lipinski definition) is 2. The molecule has 3 rings (SSSR count). The molecule has 0 spiro atoms. The van der Waals surface area contributed by atoms with E-state index in [2.05, 4.69) is 0 Å². The normalized spacial score (nSPS) is 16.3. The van der Waals surface area contributed by atoms with Crippen LogP contribution in [0.15, 0.2) is 36.4 Å². The molecule has 2 aromatic rings. The molecule has 0 radical (unpaired) electrons. The number of rotatable bonds is 2. The van der Waals surface area contributed by atoms with Crippen molar-refractivity contribution in [2.24, 2.45) is 0 Å². The van der Waals surface area contributed by atoms with Crippen molar-refractivity contribution in [2.45, 2.75) is 13.0 Å². The van der Waals surface area contributed by atoms with Crippen LogP contribution in [-0.2, 0) is 0 Å². The van der Waals surface area contributed by atoms with Gasteiger partial charge >= 0.3 is 5.97 Å². The van der Waals surface area contributed by atoms with E-state index in [4.69, 9.17) is 21.4 Å². The van der Waals surface area contributed by atoms with Gasteiger partial charge in [0.2, 0.25) is 0 Å². The lowest BCUT2D eigenvalue weighted by Gasteiger charge is -2.24. The van der Waals surface area contributed by atoms with Crippen molar-refractivity contribution >= 4 is 23.1 Å². The Kier molecular flexibility index (Phi) is 3.82. The summed E-state index contributed by atoms with van der Waals surface area (Å²) in [7, 11) is 0. The number of carboxylic acids is 1. The Morgan fingerprint density at radius 1 is 1.17 bits per heavy atom. The highest BCUT2D eigenvalue weighted by molar-refractivity contribution is 6.31. The first-order chi connectivity index (χ1) is 10.9. The quantitative estimate of drug-likeness (QED) is 0.820. The van der Waals surface area contributed by atoms with Gasteiger partial charge in [0, 0.05) is 17.2 Å². The van der Waals surface area contributed by atoms with Crippen molar-refractivity contribution in [3.8, 4) is 5.75 Å². The molecule has 0 bridgehead atoms. The van der Waals surface area contributed by atoms with Crippen molar-refractivity contribution in [3.05, 3.63) is 69.8 Å². The number of carboxylic acid groups (broad SMARTS) is 1. The summed E-state index contributed by atoms with van der Waals surface area (Å²) in [5.41, 5.74) is 0.975. The molecule has 3 nitrogen and oxygen atoms in total. The van der Waals surface area contributed by atoms with Gasteiger partial charge in [0.1, 0.15) is 23.5 Å². The maximum absolute atomic E-state index is 14.2. The van der Waals surface area contributed by atoms with Crippen LogP contribution in [0.3, 0.4) is 0 Å². The lowest BCUT2D eigenvalue weighted by molar-refractivity contribution is 0.0697. The van der Waals surface area contributed by atoms with Crippen LogP contribution < -0.4 is 4.74 Å². The van der Waals surface area contributed by atoms with Gasteiger partial charge in [-0.05, 0) is 42.8 Å². The summed E-state index contributed by atoms with van der Waals surface area (Å²) >= 11 is 5.76. The summed E-state index contributed by atoms with van der Waals surface area (Å²) in [6.45, 7) is 1.76. The topological polar surface area (TPSA) is 46.5 Å². The highest BCUT2D eigenvalue weighted by Gasteiger charge is 2.23. The minimum absolute atomic E-state index is 0.0430. The van der Waals surface area contributed by atoms with Gasteiger partial charge in [-0.25, -0.2) is 13.6 Å². The fourth-order valence-electron chi connectivity index (χ4n) is 2.50. The molecule has 0 fully saturated rings. The monoisotopic (exact) mass is 336 g/mol. The highest BCUT2D eigenvalue weighted by Crippen LogP contribution is 2.38. The summed E-state index contributed by atoms with van der Waals surface area (Å²) < 4.78 is 33.2. The third-order valence-corrected chi connectivity index (χ3v) is 3.82. The van der Waals surface area contributed by atoms with Crippen LogP contribution >= 0.6 is 11.6 Å². The molecule has 118 valence electrons. The zero-order chi connectivity index (χ0) is 16.7. The number of fused-ring (bicyclic) bond motifs is 1. The highest BCUT2D eigenvalue weighted by atomic mass is 35.5. The van der Waals surface area contributed by atoms with E-state index in [-0.39, 0.29) is 22.3 Å². The molecule has 6 heteroatoms. The molecule has 1 atom stereocenters. The number of carbonyl (C=O) groups is 1. The molecule has 0 aromatic heterocycles. The fraction of sp³-hybridized carbons (Fsp3) is 0.118. The molecule has 1 heterocycles. The predicted octanol–water partition coefficient (Wildman–Crippen LogP) is 4.53. The zero-order valence-corrected chi connectivity index (χ0v) is 12.7. The Labute approximate surface area is 135 Å². The van der Waals surface area contributed by atoms with Crippen LogP contribution in [-0.4, -0.2) is 17.2 Å². The van der Waals surface area contributed by atoms with Crippen LogP contribution in [0.1, 0.15) is 28.4 Å². The maximum atomic E-state index is 14.2. The molecule has 23 heavy (non-hydrogen) atoms. The van der Waals surface area contributed by atoms with Crippen LogP contribution in [0.5, 0.6) is 5.75 Å². The average molecular weight is 337 g/mol. The fourth-order valence-corrected chi connectivity index (χ4v) is 2.66. The molecule has 2 aromatic carbocycles. The van der Waals surface area contributed by atoms with E-state index in [1.54, 1.807) is 13.0 Å². The van der Waals surface area contributed by atoms with Gasteiger partial charge in [0.25, 0.3) is 0 Å². The molecule has 0 amide bonds. The second-order valence-electron chi connectivity index (χ2n) is 5.17. The van der Waals surface area contributed by atoms with Crippen molar-refractivity contribution in [1.29, 1.82) is 0 Å². The number of halogens is 3. The van der Waals surface area contributed by atoms with E-state index >= 15 is 0 Å². The summed E-state index contributed by atoms with van der Waals surface area (Å²) in [6.07, 6.45) is 1.29. The SMILES string of the molecule is CC1C=C(c2cc(Cl)c(F)cc2F)c2cc(C(=O)O)ccc2O1. The first-order valence-electron chi connectivity index (χ1n) is 6.78. The third-order valence-electron chi connectivity index (χ3n) is 3.53. The van der Waals surface area contributed by atoms with E-state index in [1.807, 2.05) is 0 Å². The minimum atomic E-state index is -1.11. The molecule has 1 unspecified atom stereocenters. The molecule has 0 saturated heterocycles. The summed E-state index contributed by atoms with van der Waals surface area (Å²) in [6, 6.07) is 6.22. The summed E-state index contributed by atoms with van der Waals surface area (Å²) in [4.78, 5) is 11.2. The molecule has 0 saturated carbocycles. The van der Waals surface area contributed by atoms with E-state index < -0.39 is 17.6 Å². The Morgan fingerprint density at radius 2 is 1.91 bits per heavy atom. The first-order valence-corrected chi connectivity index (χ1v) is 7.15. The number of benzene rings is 2. The minimum Gasteiger partial charge on any atom is -0.486 e. The van der Waals surface area contributed by atoms with Gasteiger partial charge in [-0.2, -0.15) is 0 Å². The van der Waals surface area contributed by atoms with Crippen molar-refractivity contribution in [3.63, 3.8) is 0 Å². The van der Waals surface area contributed by atoms with Crippen molar-refractivity contribution in [2.75, 3.05) is 0 Å². The predicted molar refractivity (Wildman–Crippen MR) is 81.9 cm³/mol. The van der Waals surface area contributed by atoms with Gasteiger partial charge in [-0.3, -0.25) is 0 Å². The smallest absolute Gasteiger partial charge is 0.335 e. The van der Waals surface area contributed by atoms with Gasteiger partial charge in [0.05, 0.1) is 10.6 Å². The second-order valence-corrected chi connectivity index (χ2v) is 5.57. The molecule has 0 aliphatic carbocycles. The Morgan fingerprint density at radius 3 is 2.61 bits per heavy atom. The summed E-state index contributed by atoms with van der Waals surface area (Å²) in [5, 5.41) is 8.91. The van der Waals surface area contributed by atoms with Crippen molar-refractivity contribution < 1.29 is 23.4 Å². The molecular weight excluding hydrogens is 326 g/mol. The van der Waals surface area contributed by atoms with Gasteiger partial charge in [-0.1, -0.05) is 11.6 Å². The Bertz CT molecular complexity index is 846. The van der Waals surface area contributed by atoms with E-state index in [0.29, 0.717) is 23.0 Å². The van der Waals surface area contributed by atoms with Gasteiger partial charge < -0.3 is 9.84 Å². The second kappa shape index (κ2) is 5.66. The lowest BCUT2D eigenvalue weighted by atomic mass is 9.92. The van der Waals surface area contributed by atoms with Crippen molar-refractivity contribution in [1.82, 2.24) is 0 Å². The standard InChI is InChI=1S/C17H11ClF2O3/c1-8-4-10(11-6-13(18)15(20)7-14(11)19)12-5-9(17(21)22)2-3-16(12)23-8/h2-8H,1H3,(H,21,22). The Hall–Kier alpha value is -2.40. The van der Waals surface area contributed by atoms with Gasteiger partial charge in [-0.15, -0.1) is 0 Å². The molecular formula is C17H11ClF2O3. The van der Waals surface area contributed by atoms with E-state index in [1.165, 1.54) is 24.3 Å². The molecule has 1 aliphatic heterocycles. The van der Waals surface area contributed by atoms with E-state index in [0.717, 1.165) is 0 Å². The van der Waals surface area contributed by atoms with Crippen LogP contribution in [0.4, 0.5) is 8.78 Å². The molecule has 1 aliphatic rings. The first kappa shape index (κ1) is 15.5. The molecule has 1 N–H and O–H groups in total. The zero-order valence-electron chi connectivity index (χ0n) is 11.9. The van der Waals surface area contributed by atoms with Crippen LogP contribution in [0.25, 0.3) is 5.57 Å². The number of aromatic carboxylic acids is 1. The van der Waals surface area contributed by atoms with Crippen LogP contribution in [0.2, 0.25) is 5.02 Å². The van der Waals surface area contributed by atoms with Gasteiger partial charge in [0.15, 0.2) is 0 Å². The largest absolute Gasteiger partial charge is 0.486 e. The Balaban J connectivity index is 2.22. The third kappa shape index (κ3) is 2.80. The number of ether oxygens (including phenoxy) is 1. The van der Waals surface area contributed by atoms with E-state index in [9.17, 15) is 13.6 Å². The lowest BCUT2D eigenvalue weighted by Crippen LogP contribution is -2.16. The summed E-state index contributed by atoms with van der Waals surface area (Å²) in [5.74, 6) is -2.31.